The smallest absolute Gasteiger partial charge is 0.246 e. The van der Waals surface area contributed by atoms with E-state index in [1.807, 2.05) is 44.2 Å². The average molecular weight is 409 g/mol. The second kappa shape index (κ2) is 8.11. The minimum absolute atomic E-state index is 0.0678. The molecule has 2 atom stereocenters. The number of amides is 1. The molecular weight excluding hydrogens is 386 g/mol. The van der Waals surface area contributed by atoms with Crippen LogP contribution in [0.3, 0.4) is 0 Å². The second-order valence-corrected chi connectivity index (χ2v) is 6.96. The first kappa shape index (κ1) is 19.8. The summed E-state index contributed by atoms with van der Waals surface area (Å²) in [6, 6.07) is 10.7. The lowest BCUT2D eigenvalue weighted by atomic mass is 9.98. The summed E-state index contributed by atoms with van der Waals surface area (Å²) in [5.74, 6) is 2.74. The Labute approximate surface area is 174 Å². The molecule has 0 saturated carbocycles. The van der Waals surface area contributed by atoms with Crippen LogP contribution in [0, 0.1) is 13.8 Å². The van der Waals surface area contributed by atoms with E-state index in [-0.39, 0.29) is 12.5 Å². The number of carbonyl (C=O) groups is 1. The lowest BCUT2D eigenvalue weighted by Crippen LogP contribution is -2.42. The monoisotopic (exact) mass is 409 g/mol. The Morgan fingerprint density at radius 3 is 2.63 bits per heavy atom. The molecule has 30 heavy (non-hydrogen) atoms. The first-order valence-electron chi connectivity index (χ1n) is 9.50. The van der Waals surface area contributed by atoms with Gasteiger partial charge in [0.05, 0.1) is 20.3 Å². The maximum absolute atomic E-state index is 12.2. The fourth-order valence-corrected chi connectivity index (χ4v) is 3.51. The van der Waals surface area contributed by atoms with Crippen molar-refractivity contribution in [3.05, 3.63) is 59.3 Å². The van der Waals surface area contributed by atoms with Gasteiger partial charge in [0.1, 0.15) is 18.5 Å². The van der Waals surface area contributed by atoms with Gasteiger partial charge in [-0.05, 0) is 43.7 Å². The number of methoxy groups -OCH3 is 2. The number of ether oxygens (including phenoxy) is 3. The minimum Gasteiger partial charge on any atom is -0.493 e. The lowest BCUT2D eigenvalue weighted by Gasteiger charge is -2.32. The summed E-state index contributed by atoms with van der Waals surface area (Å²) in [6.45, 7) is 3.65. The van der Waals surface area contributed by atoms with Gasteiger partial charge in [-0.3, -0.25) is 4.79 Å². The summed E-state index contributed by atoms with van der Waals surface area (Å²) < 4.78 is 18.4. The second-order valence-electron chi connectivity index (χ2n) is 6.96. The van der Waals surface area contributed by atoms with Crippen LogP contribution in [0.5, 0.6) is 11.5 Å². The van der Waals surface area contributed by atoms with Crippen molar-refractivity contribution in [2.24, 2.45) is 0 Å². The van der Waals surface area contributed by atoms with Gasteiger partial charge in [0.15, 0.2) is 23.1 Å². The fraction of sp³-hybridized carbons (Fsp3) is 0.333. The molecule has 1 aromatic carbocycles. The molecule has 0 bridgehead atoms. The molecule has 0 unspecified atom stereocenters. The number of benzene rings is 1. The number of rotatable bonds is 5. The topological polar surface area (TPSA) is 100 Å². The number of hydrogen-bond acceptors (Lipinski definition) is 7. The number of pyridine rings is 1. The van der Waals surface area contributed by atoms with Gasteiger partial charge in [0.25, 0.3) is 0 Å². The van der Waals surface area contributed by atoms with Crippen LogP contribution in [0.2, 0.25) is 0 Å². The highest BCUT2D eigenvalue weighted by Crippen LogP contribution is 2.38. The predicted molar refractivity (Wildman–Crippen MR) is 108 cm³/mol. The van der Waals surface area contributed by atoms with Crippen molar-refractivity contribution in [3.8, 4) is 17.3 Å². The Morgan fingerprint density at radius 2 is 1.90 bits per heavy atom. The standard InChI is InChI=1S/C21H23N5O4/c1-12-6-5-7-17(22-12)26-21(23-13(2)25-26)20-19(24-18(27)11-30-20)14-8-9-15(28-3)16(10-14)29-4/h5-10,19-20H,11H2,1-4H3,(H,24,27)/t19-,20+/m1/s1. The van der Waals surface area contributed by atoms with Crippen LogP contribution in [0.15, 0.2) is 36.4 Å². The van der Waals surface area contributed by atoms with Gasteiger partial charge in [0, 0.05) is 5.69 Å². The molecule has 1 amide bonds. The van der Waals surface area contributed by atoms with Gasteiger partial charge in [-0.25, -0.2) is 9.97 Å². The molecule has 9 heteroatoms. The molecule has 1 fully saturated rings. The van der Waals surface area contributed by atoms with E-state index in [1.54, 1.807) is 25.0 Å². The molecule has 156 valence electrons. The van der Waals surface area contributed by atoms with Gasteiger partial charge < -0.3 is 19.5 Å². The molecule has 1 aliphatic rings. The Hall–Kier alpha value is -3.46. The first-order valence-corrected chi connectivity index (χ1v) is 9.50. The highest BCUT2D eigenvalue weighted by Gasteiger charge is 2.36. The Kier molecular flexibility index (Phi) is 5.37. The molecule has 1 aliphatic heterocycles. The molecule has 2 aromatic heterocycles. The summed E-state index contributed by atoms with van der Waals surface area (Å²) in [5, 5.41) is 7.52. The Bertz CT molecular complexity index is 1080. The molecule has 1 N–H and O–H groups in total. The van der Waals surface area contributed by atoms with Crippen LogP contribution in [0.1, 0.15) is 35.1 Å². The van der Waals surface area contributed by atoms with E-state index in [4.69, 9.17) is 14.2 Å². The summed E-state index contributed by atoms with van der Waals surface area (Å²) in [7, 11) is 3.14. The third kappa shape index (κ3) is 3.71. The van der Waals surface area contributed by atoms with Crippen molar-refractivity contribution < 1.29 is 19.0 Å². The van der Waals surface area contributed by atoms with Gasteiger partial charge in [-0.2, -0.15) is 4.68 Å². The van der Waals surface area contributed by atoms with Gasteiger partial charge in [-0.1, -0.05) is 12.1 Å². The van der Waals surface area contributed by atoms with Crippen molar-refractivity contribution in [1.29, 1.82) is 0 Å². The Morgan fingerprint density at radius 1 is 1.10 bits per heavy atom. The molecule has 9 nitrogen and oxygen atoms in total. The van der Waals surface area contributed by atoms with Crippen LogP contribution < -0.4 is 14.8 Å². The third-order valence-corrected chi connectivity index (χ3v) is 4.86. The van der Waals surface area contributed by atoms with Crippen LogP contribution in [-0.4, -0.2) is 46.5 Å². The molecule has 3 heterocycles. The quantitative estimate of drug-likeness (QED) is 0.690. The van der Waals surface area contributed by atoms with E-state index in [9.17, 15) is 4.79 Å². The summed E-state index contributed by atoms with van der Waals surface area (Å²) in [6.07, 6.45) is -0.565. The third-order valence-electron chi connectivity index (χ3n) is 4.86. The van der Waals surface area contributed by atoms with Crippen molar-refractivity contribution >= 4 is 5.91 Å². The average Bonchev–Trinajstić information content (AvgIpc) is 3.14. The maximum atomic E-state index is 12.2. The lowest BCUT2D eigenvalue weighted by molar-refractivity contribution is -0.138. The SMILES string of the molecule is COc1ccc([C@H]2NC(=O)CO[C@@H]2c2nc(C)nn2-c2cccc(C)n2)cc1OC. The zero-order valence-electron chi connectivity index (χ0n) is 17.2. The molecular formula is C21H23N5O4. The highest BCUT2D eigenvalue weighted by atomic mass is 16.5. The van der Waals surface area contributed by atoms with Crippen LogP contribution in [-0.2, 0) is 9.53 Å². The number of morpholine rings is 1. The van der Waals surface area contributed by atoms with Crippen molar-refractivity contribution in [2.75, 3.05) is 20.8 Å². The number of carbonyl (C=O) groups excluding carboxylic acids is 1. The maximum Gasteiger partial charge on any atom is 0.246 e. The van der Waals surface area contributed by atoms with E-state index in [2.05, 4.69) is 20.4 Å². The molecule has 0 aliphatic carbocycles. The van der Waals surface area contributed by atoms with E-state index in [0.29, 0.717) is 29.0 Å². The molecule has 3 aromatic rings. The summed E-state index contributed by atoms with van der Waals surface area (Å²) in [4.78, 5) is 21.3. The number of nitrogens with one attached hydrogen (secondary N) is 1. The van der Waals surface area contributed by atoms with Gasteiger partial charge >= 0.3 is 0 Å². The van der Waals surface area contributed by atoms with E-state index >= 15 is 0 Å². The van der Waals surface area contributed by atoms with Crippen molar-refractivity contribution in [3.63, 3.8) is 0 Å². The van der Waals surface area contributed by atoms with Crippen LogP contribution in [0.4, 0.5) is 0 Å². The largest absolute Gasteiger partial charge is 0.493 e. The molecule has 4 rings (SSSR count). The zero-order chi connectivity index (χ0) is 21.3. The predicted octanol–water partition coefficient (Wildman–Crippen LogP) is 2.23. The number of aryl methyl sites for hydroxylation is 2. The zero-order valence-corrected chi connectivity index (χ0v) is 17.2. The van der Waals surface area contributed by atoms with E-state index in [0.717, 1.165) is 11.3 Å². The van der Waals surface area contributed by atoms with Crippen LogP contribution >= 0.6 is 0 Å². The van der Waals surface area contributed by atoms with Gasteiger partial charge in [-0.15, -0.1) is 5.10 Å². The first-order chi connectivity index (χ1) is 14.5. The number of aromatic nitrogens is 4. The van der Waals surface area contributed by atoms with E-state index in [1.165, 1.54) is 0 Å². The number of nitrogens with zero attached hydrogens (tertiary/aromatic N) is 4. The minimum atomic E-state index is -0.565. The molecule has 0 spiro atoms. The summed E-state index contributed by atoms with van der Waals surface area (Å²) >= 11 is 0. The Balaban J connectivity index is 1.79. The van der Waals surface area contributed by atoms with Crippen molar-refractivity contribution in [1.82, 2.24) is 25.1 Å². The highest BCUT2D eigenvalue weighted by molar-refractivity contribution is 5.78. The molecule has 1 saturated heterocycles. The fourth-order valence-electron chi connectivity index (χ4n) is 3.51. The van der Waals surface area contributed by atoms with Gasteiger partial charge in [0.2, 0.25) is 5.91 Å². The number of hydrogen-bond donors (Lipinski definition) is 1. The summed E-state index contributed by atoms with van der Waals surface area (Å²) in [5.41, 5.74) is 1.66. The normalized spacial score (nSPS) is 18.7. The molecule has 0 radical (unpaired) electrons. The van der Waals surface area contributed by atoms with E-state index < -0.39 is 12.1 Å². The van der Waals surface area contributed by atoms with Crippen LogP contribution in [0.25, 0.3) is 5.82 Å². The van der Waals surface area contributed by atoms with Crippen molar-refractivity contribution in [2.45, 2.75) is 26.0 Å².